The Hall–Kier alpha value is -4.75. The first kappa shape index (κ1) is 25.2. The van der Waals surface area contributed by atoms with Crippen LogP contribution in [0.4, 0.5) is 11.4 Å². The Morgan fingerprint density at radius 3 is 1.71 bits per heavy atom. The first-order valence-electron chi connectivity index (χ1n) is 13.3. The van der Waals surface area contributed by atoms with E-state index in [1.54, 1.807) is 36.4 Å². The average molecular weight is 563 g/mol. The zero-order valence-electron chi connectivity index (χ0n) is 21.6. The quantitative estimate of drug-likeness (QED) is 0.255. The molecule has 4 aromatic carbocycles. The van der Waals surface area contributed by atoms with E-state index in [9.17, 15) is 19.2 Å². The molecular formula is C33H23ClN2O5. The number of hydrogen-bond donors (Lipinski definition) is 1. The van der Waals surface area contributed by atoms with Crippen LogP contribution in [0.2, 0.25) is 5.02 Å². The second-order valence-corrected chi connectivity index (χ2v) is 10.8. The molecule has 3 aliphatic carbocycles. The van der Waals surface area contributed by atoms with E-state index in [4.69, 9.17) is 16.3 Å². The number of nitrogens with one attached hydrogen (secondary N) is 1. The number of esters is 1. The molecule has 0 spiro atoms. The van der Waals surface area contributed by atoms with Crippen molar-refractivity contribution in [2.45, 2.75) is 11.8 Å². The topological polar surface area (TPSA) is 92.8 Å². The molecule has 4 aliphatic rings. The van der Waals surface area contributed by atoms with E-state index in [0.717, 1.165) is 22.3 Å². The van der Waals surface area contributed by atoms with Gasteiger partial charge in [0, 0.05) is 11.8 Å². The van der Waals surface area contributed by atoms with Crippen LogP contribution in [-0.4, -0.2) is 30.3 Å². The van der Waals surface area contributed by atoms with Crippen molar-refractivity contribution in [3.05, 3.63) is 130 Å². The van der Waals surface area contributed by atoms with Crippen LogP contribution in [-0.2, 0) is 19.1 Å². The molecule has 2 atom stereocenters. The molecular weight excluding hydrogens is 540 g/mol. The molecule has 1 fully saturated rings. The smallest absolute Gasteiger partial charge is 0.338 e. The van der Waals surface area contributed by atoms with Crippen molar-refractivity contribution >= 4 is 46.7 Å². The molecule has 41 heavy (non-hydrogen) atoms. The normalized spacial score (nSPS) is 21.6. The number of rotatable bonds is 5. The summed E-state index contributed by atoms with van der Waals surface area (Å²) >= 11 is 6.05. The number of ether oxygens (including phenoxy) is 1. The standard InChI is InChI=1S/C33H23ClN2O5/c34-24-11-5-6-12-25(24)35-26(37)17-41-33(40)18-13-15-19(16-14-18)36-31(38)29-27-20-7-1-2-8-21(20)28(30(29)32(36)39)23-10-4-3-9-22(23)27/h1-16,27-30H,17H2,(H,35,37)/t27?,28?,29-,30+. The molecule has 1 N–H and O–H groups in total. The van der Waals surface area contributed by atoms with Crippen molar-refractivity contribution in [2.75, 3.05) is 16.8 Å². The van der Waals surface area contributed by atoms with E-state index < -0.39 is 30.3 Å². The minimum absolute atomic E-state index is 0.190. The second kappa shape index (κ2) is 9.71. The van der Waals surface area contributed by atoms with Gasteiger partial charge in [0.05, 0.1) is 33.8 Å². The summed E-state index contributed by atoms with van der Waals surface area (Å²) in [5.41, 5.74) is 5.44. The van der Waals surface area contributed by atoms with Gasteiger partial charge in [-0.3, -0.25) is 14.4 Å². The second-order valence-electron chi connectivity index (χ2n) is 10.4. The highest BCUT2D eigenvalue weighted by Gasteiger charge is 2.61. The van der Waals surface area contributed by atoms with Crippen LogP contribution in [0.15, 0.2) is 97.1 Å². The summed E-state index contributed by atoms with van der Waals surface area (Å²) in [6.45, 7) is -0.498. The Labute approximate surface area is 240 Å². The molecule has 3 amide bonds. The monoisotopic (exact) mass is 562 g/mol. The lowest BCUT2D eigenvalue weighted by molar-refractivity contribution is -0.122. The van der Waals surface area contributed by atoms with Crippen molar-refractivity contribution in [1.29, 1.82) is 0 Å². The number of carbonyl (C=O) groups is 4. The number of imide groups is 1. The number of hydrogen-bond acceptors (Lipinski definition) is 5. The fraction of sp³-hybridized carbons (Fsp3) is 0.152. The van der Waals surface area contributed by atoms with E-state index >= 15 is 0 Å². The zero-order valence-corrected chi connectivity index (χ0v) is 22.4. The first-order valence-corrected chi connectivity index (χ1v) is 13.7. The van der Waals surface area contributed by atoms with Gasteiger partial charge in [-0.15, -0.1) is 0 Å². The van der Waals surface area contributed by atoms with Crippen LogP contribution >= 0.6 is 11.6 Å². The summed E-state index contributed by atoms with van der Waals surface area (Å²) in [6.07, 6.45) is 0. The molecule has 8 heteroatoms. The molecule has 0 radical (unpaired) electrons. The SMILES string of the molecule is O=C(COC(=O)c1ccc(N2C(=O)[C@@H]3C4c5ccccc5C(c5ccccc54)[C@@H]3C2=O)cc1)Nc1ccccc1Cl. The zero-order chi connectivity index (χ0) is 28.2. The maximum Gasteiger partial charge on any atom is 0.338 e. The van der Waals surface area contributed by atoms with Gasteiger partial charge in [0.15, 0.2) is 6.61 Å². The molecule has 8 rings (SSSR count). The first-order chi connectivity index (χ1) is 19.9. The lowest BCUT2D eigenvalue weighted by Crippen LogP contribution is -2.41. The molecule has 0 aromatic heterocycles. The Kier molecular flexibility index (Phi) is 5.98. The molecule has 0 saturated carbocycles. The van der Waals surface area contributed by atoms with Gasteiger partial charge in [-0.25, -0.2) is 9.69 Å². The van der Waals surface area contributed by atoms with Crippen LogP contribution in [0.5, 0.6) is 0 Å². The highest BCUT2D eigenvalue weighted by Crippen LogP contribution is 2.61. The predicted octanol–water partition coefficient (Wildman–Crippen LogP) is 5.53. The van der Waals surface area contributed by atoms with E-state index in [1.807, 2.05) is 24.3 Å². The van der Waals surface area contributed by atoms with E-state index in [2.05, 4.69) is 29.6 Å². The van der Waals surface area contributed by atoms with Crippen LogP contribution < -0.4 is 10.2 Å². The molecule has 0 unspecified atom stereocenters. The fourth-order valence-electron chi connectivity index (χ4n) is 6.64. The van der Waals surface area contributed by atoms with Crippen LogP contribution in [0.25, 0.3) is 0 Å². The lowest BCUT2D eigenvalue weighted by atomic mass is 9.55. The molecule has 2 bridgehead atoms. The van der Waals surface area contributed by atoms with E-state index in [0.29, 0.717) is 16.4 Å². The van der Waals surface area contributed by atoms with Gasteiger partial charge in [0.25, 0.3) is 5.91 Å². The van der Waals surface area contributed by atoms with Crippen molar-refractivity contribution in [1.82, 2.24) is 0 Å². The Morgan fingerprint density at radius 1 is 0.707 bits per heavy atom. The Balaban J connectivity index is 1.10. The summed E-state index contributed by atoms with van der Waals surface area (Å²) in [5, 5.41) is 2.96. The third kappa shape index (κ3) is 3.96. The van der Waals surface area contributed by atoms with Gasteiger partial charge in [0.1, 0.15) is 0 Å². The van der Waals surface area contributed by atoms with Crippen LogP contribution in [0, 0.1) is 11.8 Å². The van der Waals surface area contributed by atoms with E-state index in [-0.39, 0.29) is 29.2 Å². The minimum Gasteiger partial charge on any atom is -0.452 e. The number of para-hydroxylation sites is 1. The van der Waals surface area contributed by atoms with Gasteiger partial charge in [-0.05, 0) is 58.7 Å². The number of amides is 3. The molecule has 1 heterocycles. The number of benzene rings is 4. The average Bonchev–Trinajstić information content (AvgIpc) is 3.27. The molecule has 202 valence electrons. The largest absolute Gasteiger partial charge is 0.452 e. The van der Waals surface area contributed by atoms with Gasteiger partial charge in [-0.2, -0.15) is 0 Å². The summed E-state index contributed by atoms with van der Waals surface area (Å²) in [7, 11) is 0. The number of halogens is 1. The molecule has 1 aliphatic heterocycles. The maximum absolute atomic E-state index is 13.9. The van der Waals surface area contributed by atoms with Crippen molar-refractivity contribution in [3.8, 4) is 0 Å². The Morgan fingerprint density at radius 2 is 1.20 bits per heavy atom. The summed E-state index contributed by atoms with van der Waals surface area (Å²) in [5.74, 6) is -3.05. The van der Waals surface area contributed by atoms with Crippen LogP contribution in [0.1, 0.15) is 44.4 Å². The summed E-state index contributed by atoms with van der Waals surface area (Å²) in [4.78, 5) is 53.9. The lowest BCUT2D eigenvalue weighted by Gasteiger charge is -2.45. The van der Waals surface area contributed by atoms with Crippen molar-refractivity contribution in [3.63, 3.8) is 0 Å². The highest BCUT2D eigenvalue weighted by molar-refractivity contribution is 6.33. The maximum atomic E-state index is 13.9. The molecule has 1 saturated heterocycles. The Bertz CT molecular complexity index is 1640. The number of carbonyl (C=O) groups excluding carboxylic acids is 4. The third-order valence-electron chi connectivity index (χ3n) is 8.29. The fourth-order valence-corrected chi connectivity index (χ4v) is 6.82. The van der Waals surface area contributed by atoms with Crippen LogP contribution in [0.3, 0.4) is 0 Å². The van der Waals surface area contributed by atoms with Gasteiger partial charge in [0.2, 0.25) is 11.8 Å². The van der Waals surface area contributed by atoms with Gasteiger partial charge in [-0.1, -0.05) is 72.3 Å². The van der Waals surface area contributed by atoms with Crippen molar-refractivity contribution < 1.29 is 23.9 Å². The third-order valence-corrected chi connectivity index (χ3v) is 8.62. The predicted molar refractivity (Wildman–Crippen MR) is 153 cm³/mol. The number of anilines is 2. The minimum atomic E-state index is -0.706. The number of nitrogens with zero attached hydrogens (tertiary/aromatic N) is 1. The van der Waals surface area contributed by atoms with Crippen molar-refractivity contribution in [2.24, 2.45) is 11.8 Å². The molecule has 7 nitrogen and oxygen atoms in total. The molecule has 4 aromatic rings. The highest BCUT2D eigenvalue weighted by atomic mass is 35.5. The summed E-state index contributed by atoms with van der Waals surface area (Å²) < 4.78 is 5.15. The van der Waals surface area contributed by atoms with Gasteiger partial charge >= 0.3 is 5.97 Å². The van der Waals surface area contributed by atoms with Gasteiger partial charge < -0.3 is 10.1 Å². The van der Waals surface area contributed by atoms with E-state index in [1.165, 1.54) is 17.0 Å². The summed E-state index contributed by atoms with van der Waals surface area (Å²) in [6, 6.07) is 29.0.